The van der Waals surface area contributed by atoms with Gasteiger partial charge in [0, 0.05) is 34.7 Å². The van der Waals surface area contributed by atoms with Gasteiger partial charge in [0.2, 0.25) is 11.5 Å². The number of thioether (sulfide) groups is 2. The fourth-order valence-electron chi connectivity index (χ4n) is 3.22. The molecule has 0 aliphatic carbocycles. The number of pyridine rings is 1. The first-order valence-corrected chi connectivity index (χ1v) is 12.0. The van der Waals surface area contributed by atoms with Crippen LogP contribution in [0, 0.1) is 5.41 Å². The van der Waals surface area contributed by atoms with E-state index < -0.39 is 23.1 Å². The Kier molecular flexibility index (Phi) is 7.10. The molecule has 1 aliphatic heterocycles. The Hall–Kier alpha value is -1.94. The first kappa shape index (κ1) is 23.7. The van der Waals surface area contributed by atoms with Crippen molar-refractivity contribution in [1.29, 1.82) is 0 Å². The monoisotopic (exact) mass is 472 g/mol. The summed E-state index contributed by atoms with van der Waals surface area (Å²) >= 11 is 2.81. The van der Waals surface area contributed by atoms with Crippen molar-refractivity contribution in [3.63, 3.8) is 0 Å². The lowest BCUT2D eigenvalue weighted by Gasteiger charge is -2.25. The van der Waals surface area contributed by atoms with E-state index in [2.05, 4.69) is 15.0 Å². The van der Waals surface area contributed by atoms with Gasteiger partial charge in [0.1, 0.15) is 5.75 Å². The number of Topliss-reactive ketones (excluding diaryl/α,β-unsaturated/α-hetero) is 1. The maximum atomic E-state index is 12.9. The number of benzene rings is 1. The molecule has 0 saturated heterocycles. The Morgan fingerprint density at radius 1 is 1.29 bits per heavy atom. The molecule has 3 rings (SSSR count). The fraction of sp³-hybridized carbons (Fsp3) is 0.476. The molecule has 0 bridgehead atoms. The minimum atomic E-state index is -4.49. The van der Waals surface area contributed by atoms with Crippen molar-refractivity contribution in [2.75, 3.05) is 12.5 Å². The molecule has 0 radical (unpaired) electrons. The lowest BCUT2D eigenvalue weighted by molar-refractivity contribution is -0.212. The molecule has 0 saturated carbocycles. The van der Waals surface area contributed by atoms with Crippen LogP contribution < -0.4 is 4.74 Å². The summed E-state index contributed by atoms with van der Waals surface area (Å²) in [6.45, 7) is 3.38. The molecule has 2 atom stereocenters. The minimum absolute atomic E-state index is 0.0168. The van der Waals surface area contributed by atoms with Gasteiger partial charge < -0.3 is 9.57 Å². The largest absolute Gasteiger partial charge is 0.472 e. The average molecular weight is 473 g/mol. The van der Waals surface area contributed by atoms with E-state index in [0.717, 1.165) is 15.8 Å². The number of hydrogen-bond acceptors (Lipinski definition) is 7. The zero-order valence-corrected chi connectivity index (χ0v) is 19.2. The van der Waals surface area contributed by atoms with Crippen molar-refractivity contribution < 1.29 is 27.5 Å². The van der Waals surface area contributed by atoms with E-state index in [4.69, 9.17) is 4.74 Å². The molecular weight excluding hydrogens is 449 g/mol. The Balaban J connectivity index is 1.69. The Morgan fingerprint density at radius 2 is 2.03 bits per heavy atom. The van der Waals surface area contributed by atoms with Crippen molar-refractivity contribution in [3.05, 3.63) is 30.5 Å². The molecule has 0 fully saturated rings. The van der Waals surface area contributed by atoms with Gasteiger partial charge >= 0.3 is 6.18 Å². The molecule has 31 heavy (non-hydrogen) atoms. The molecular formula is C21H23F3N2O3S2. The van der Waals surface area contributed by atoms with Gasteiger partial charge in [-0.2, -0.15) is 13.2 Å². The fourth-order valence-corrected chi connectivity index (χ4v) is 4.17. The number of oxime groups is 1. The van der Waals surface area contributed by atoms with E-state index in [0.29, 0.717) is 5.75 Å². The first-order chi connectivity index (χ1) is 14.5. The highest BCUT2D eigenvalue weighted by molar-refractivity contribution is 7.99. The molecule has 0 amide bonds. The van der Waals surface area contributed by atoms with Crippen LogP contribution in [-0.2, 0) is 9.63 Å². The summed E-state index contributed by atoms with van der Waals surface area (Å²) in [6.07, 6.45) is -1.33. The molecule has 1 aromatic carbocycles. The van der Waals surface area contributed by atoms with Gasteiger partial charge in [0.25, 0.3) is 0 Å². The second kappa shape index (κ2) is 9.28. The molecule has 1 aromatic heterocycles. The van der Waals surface area contributed by atoms with E-state index in [-0.39, 0.29) is 24.3 Å². The molecule has 10 heteroatoms. The summed E-state index contributed by atoms with van der Waals surface area (Å²) in [5.74, 6) is 0.295. The number of fused-ring (bicyclic) bond motifs is 1. The van der Waals surface area contributed by atoms with Crippen molar-refractivity contribution in [2.45, 2.75) is 49.3 Å². The molecule has 2 aromatic rings. The van der Waals surface area contributed by atoms with Gasteiger partial charge in [0.15, 0.2) is 5.78 Å². The van der Waals surface area contributed by atoms with Gasteiger partial charge in [-0.3, -0.25) is 9.78 Å². The highest BCUT2D eigenvalue weighted by Crippen LogP contribution is 2.37. The van der Waals surface area contributed by atoms with Crippen LogP contribution in [0.5, 0.6) is 5.75 Å². The molecule has 0 N–H and O–H groups in total. The Bertz CT molecular complexity index is 995. The molecule has 0 spiro atoms. The number of nitrogens with zero attached hydrogens (tertiary/aromatic N) is 2. The van der Waals surface area contributed by atoms with Gasteiger partial charge in [-0.1, -0.05) is 19.0 Å². The number of rotatable bonds is 8. The summed E-state index contributed by atoms with van der Waals surface area (Å²) in [7, 11) is 0. The van der Waals surface area contributed by atoms with Crippen molar-refractivity contribution in [3.8, 4) is 5.75 Å². The SMILES string of the molecule is CSc1cnc2ccc(OC(SC)C(=O)CC(C)(C)C3=NOC(C(F)(F)F)C3)cc2c1. The topological polar surface area (TPSA) is 60.8 Å². The smallest absolute Gasteiger partial charge is 0.428 e. The maximum absolute atomic E-state index is 12.9. The number of carbonyl (C=O) groups is 1. The van der Waals surface area contributed by atoms with Crippen LogP contribution in [0.1, 0.15) is 26.7 Å². The van der Waals surface area contributed by atoms with Gasteiger partial charge in [-0.05, 0) is 36.8 Å². The third-order valence-corrected chi connectivity index (χ3v) is 6.50. The van der Waals surface area contributed by atoms with Crippen LogP contribution in [-0.4, -0.2) is 46.7 Å². The average Bonchev–Trinajstić information content (AvgIpc) is 3.23. The lowest BCUT2D eigenvalue weighted by atomic mass is 9.80. The van der Waals surface area contributed by atoms with E-state index >= 15 is 0 Å². The van der Waals surface area contributed by atoms with Crippen LogP contribution in [0.25, 0.3) is 10.9 Å². The molecule has 2 heterocycles. The zero-order chi connectivity index (χ0) is 22.8. The summed E-state index contributed by atoms with van der Waals surface area (Å²) in [5.41, 5.74) is -0.634. The Labute approximate surface area is 187 Å². The van der Waals surface area contributed by atoms with Crippen molar-refractivity contribution >= 4 is 45.9 Å². The van der Waals surface area contributed by atoms with E-state index in [1.54, 1.807) is 44.1 Å². The summed E-state index contributed by atoms with van der Waals surface area (Å²) in [5, 5.41) is 4.51. The van der Waals surface area contributed by atoms with Crippen LogP contribution in [0.3, 0.4) is 0 Å². The molecule has 2 unspecified atom stereocenters. The third-order valence-electron chi connectivity index (χ3n) is 5.01. The summed E-state index contributed by atoms with van der Waals surface area (Å²) in [6, 6.07) is 7.39. The highest BCUT2D eigenvalue weighted by atomic mass is 32.2. The number of carbonyl (C=O) groups excluding carboxylic acids is 1. The first-order valence-electron chi connectivity index (χ1n) is 9.49. The normalized spacial score (nSPS) is 17.9. The molecule has 1 aliphatic rings. The van der Waals surface area contributed by atoms with Crippen LogP contribution in [0.2, 0.25) is 0 Å². The Morgan fingerprint density at radius 3 is 2.65 bits per heavy atom. The second-order valence-corrected chi connectivity index (χ2v) is 9.60. The summed E-state index contributed by atoms with van der Waals surface area (Å²) in [4.78, 5) is 22.9. The van der Waals surface area contributed by atoms with Crippen LogP contribution in [0.15, 0.2) is 40.5 Å². The van der Waals surface area contributed by atoms with E-state index in [9.17, 15) is 18.0 Å². The number of ketones is 1. The number of alkyl halides is 3. The van der Waals surface area contributed by atoms with Crippen LogP contribution in [0.4, 0.5) is 13.2 Å². The molecule has 168 valence electrons. The predicted molar refractivity (Wildman–Crippen MR) is 118 cm³/mol. The van der Waals surface area contributed by atoms with Gasteiger partial charge in [0.05, 0.1) is 11.2 Å². The second-order valence-electron chi connectivity index (χ2n) is 7.82. The molecule has 5 nitrogen and oxygen atoms in total. The number of halogens is 3. The number of ether oxygens (including phenoxy) is 1. The zero-order valence-electron chi connectivity index (χ0n) is 17.5. The van der Waals surface area contributed by atoms with Gasteiger partial charge in [-0.15, -0.1) is 23.5 Å². The number of aromatic nitrogens is 1. The standard InChI is InChI=1S/C21H23F3N2O3S2/c1-20(2,17-9-18(29-26-17)21(22,23)24)10-16(27)19(31-4)28-13-5-6-15-12(7-13)8-14(30-3)11-25-15/h5-8,11,18-19H,9-10H2,1-4H3. The quantitative estimate of drug-likeness (QED) is 0.362. The van der Waals surface area contributed by atoms with Crippen molar-refractivity contribution in [2.24, 2.45) is 10.6 Å². The van der Waals surface area contributed by atoms with E-state index in [1.165, 1.54) is 11.8 Å². The van der Waals surface area contributed by atoms with E-state index in [1.807, 2.05) is 24.5 Å². The predicted octanol–water partition coefficient (Wildman–Crippen LogP) is 5.72. The highest BCUT2D eigenvalue weighted by Gasteiger charge is 2.48. The lowest BCUT2D eigenvalue weighted by Crippen LogP contribution is -2.35. The third kappa shape index (κ3) is 5.65. The summed E-state index contributed by atoms with van der Waals surface area (Å²) < 4.78 is 44.5. The maximum Gasteiger partial charge on any atom is 0.428 e. The van der Waals surface area contributed by atoms with Crippen molar-refractivity contribution in [1.82, 2.24) is 4.98 Å². The van der Waals surface area contributed by atoms with Crippen LogP contribution >= 0.6 is 23.5 Å². The van der Waals surface area contributed by atoms with Gasteiger partial charge in [-0.25, -0.2) is 0 Å². The number of hydrogen-bond donors (Lipinski definition) is 0. The minimum Gasteiger partial charge on any atom is -0.472 e.